The number of piperazine rings is 1. The van der Waals surface area contributed by atoms with E-state index in [9.17, 15) is 0 Å². The van der Waals surface area contributed by atoms with Gasteiger partial charge in [-0.3, -0.25) is 4.90 Å². The number of nitrogens with zero attached hydrogens (tertiary/aromatic N) is 5. The quantitative estimate of drug-likeness (QED) is 0.763. The highest BCUT2D eigenvalue weighted by molar-refractivity contribution is 5.51. The number of rotatable bonds is 7. The lowest BCUT2D eigenvalue weighted by molar-refractivity contribution is 0.249. The third-order valence-electron chi connectivity index (χ3n) is 4.99. The second-order valence-electron chi connectivity index (χ2n) is 7.16. The Bertz CT molecular complexity index is 680. The number of aryl methyl sites for hydroxylation is 1. The van der Waals surface area contributed by atoms with E-state index in [1.165, 1.54) is 18.4 Å². The number of hydrogen-bond acceptors (Lipinski definition) is 5. The standard InChI is InChI=1S/C21H31N5/c1-4-5-11-24(3)20-16-21(23-18(2)22-20)26-14-12-25(13-15-26)17-19-9-7-6-8-10-19/h6-10,16H,4-5,11-15,17H2,1-3H3. The van der Waals surface area contributed by atoms with E-state index < -0.39 is 0 Å². The first-order valence-electron chi connectivity index (χ1n) is 9.73. The van der Waals surface area contributed by atoms with Gasteiger partial charge in [0.05, 0.1) is 0 Å². The molecule has 2 aromatic rings. The van der Waals surface area contributed by atoms with E-state index >= 15 is 0 Å². The molecule has 0 N–H and O–H groups in total. The molecule has 1 aliphatic rings. The maximum absolute atomic E-state index is 4.70. The fraction of sp³-hybridized carbons (Fsp3) is 0.524. The molecule has 1 saturated heterocycles. The average molecular weight is 354 g/mol. The topological polar surface area (TPSA) is 35.5 Å². The van der Waals surface area contributed by atoms with Crippen LogP contribution in [-0.2, 0) is 6.54 Å². The molecule has 3 rings (SSSR count). The molecule has 0 atom stereocenters. The van der Waals surface area contributed by atoms with Crippen molar-refractivity contribution in [2.75, 3.05) is 49.6 Å². The highest BCUT2D eigenvalue weighted by Crippen LogP contribution is 2.20. The highest BCUT2D eigenvalue weighted by atomic mass is 15.3. The predicted molar refractivity (Wildman–Crippen MR) is 109 cm³/mol. The van der Waals surface area contributed by atoms with Gasteiger partial charge >= 0.3 is 0 Å². The lowest BCUT2D eigenvalue weighted by Crippen LogP contribution is -2.46. The van der Waals surface area contributed by atoms with Crippen molar-refractivity contribution in [3.05, 3.63) is 47.8 Å². The molecule has 140 valence electrons. The zero-order chi connectivity index (χ0) is 18.4. The molecule has 0 unspecified atom stereocenters. The van der Waals surface area contributed by atoms with Crippen molar-refractivity contribution in [3.8, 4) is 0 Å². The minimum atomic E-state index is 0.854. The summed E-state index contributed by atoms with van der Waals surface area (Å²) in [5.41, 5.74) is 1.39. The number of aromatic nitrogens is 2. The van der Waals surface area contributed by atoms with Gasteiger partial charge in [-0.1, -0.05) is 43.7 Å². The molecule has 0 amide bonds. The van der Waals surface area contributed by atoms with Gasteiger partial charge in [-0.15, -0.1) is 0 Å². The van der Waals surface area contributed by atoms with E-state index in [2.05, 4.69) is 70.1 Å². The van der Waals surface area contributed by atoms with Crippen molar-refractivity contribution in [3.63, 3.8) is 0 Å². The van der Waals surface area contributed by atoms with E-state index in [-0.39, 0.29) is 0 Å². The van der Waals surface area contributed by atoms with Gasteiger partial charge in [-0.2, -0.15) is 0 Å². The molecule has 5 nitrogen and oxygen atoms in total. The fourth-order valence-corrected chi connectivity index (χ4v) is 3.38. The first kappa shape index (κ1) is 18.6. The van der Waals surface area contributed by atoms with Crippen LogP contribution in [0.5, 0.6) is 0 Å². The Morgan fingerprint density at radius 2 is 1.77 bits per heavy atom. The van der Waals surface area contributed by atoms with Crippen molar-refractivity contribution >= 4 is 11.6 Å². The van der Waals surface area contributed by atoms with Gasteiger partial charge in [0.25, 0.3) is 0 Å². The summed E-state index contributed by atoms with van der Waals surface area (Å²) in [5, 5.41) is 0. The minimum absolute atomic E-state index is 0.854. The smallest absolute Gasteiger partial charge is 0.134 e. The summed E-state index contributed by atoms with van der Waals surface area (Å²) < 4.78 is 0. The van der Waals surface area contributed by atoms with Crippen LogP contribution in [-0.4, -0.2) is 54.6 Å². The summed E-state index contributed by atoms with van der Waals surface area (Å²) in [6.45, 7) is 10.5. The van der Waals surface area contributed by atoms with Crippen LogP contribution in [0.1, 0.15) is 31.2 Å². The second kappa shape index (κ2) is 8.99. The molecule has 0 radical (unpaired) electrons. The summed E-state index contributed by atoms with van der Waals surface area (Å²) in [4.78, 5) is 16.5. The highest BCUT2D eigenvalue weighted by Gasteiger charge is 2.19. The van der Waals surface area contributed by atoms with Crippen molar-refractivity contribution in [2.45, 2.75) is 33.2 Å². The zero-order valence-electron chi connectivity index (χ0n) is 16.4. The van der Waals surface area contributed by atoms with E-state index in [0.29, 0.717) is 0 Å². The molecule has 1 aliphatic heterocycles. The Balaban J connectivity index is 1.61. The van der Waals surface area contributed by atoms with Crippen molar-refractivity contribution < 1.29 is 0 Å². The van der Waals surface area contributed by atoms with Crippen LogP contribution in [0, 0.1) is 6.92 Å². The SMILES string of the molecule is CCCCN(C)c1cc(N2CCN(Cc3ccccc3)CC2)nc(C)n1. The number of hydrogen-bond donors (Lipinski definition) is 0. The van der Waals surface area contributed by atoms with Gasteiger partial charge in [-0.25, -0.2) is 9.97 Å². The molecule has 1 aromatic carbocycles. The summed E-state index contributed by atoms with van der Waals surface area (Å²) in [6, 6.07) is 12.9. The second-order valence-corrected chi connectivity index (χ2v) is 7.16. The molecule has 26 heavy (non-hydrogen) atoms. The first-order chi connectivity index (χ1) is 12.7. The molecule has 1 fully saturated rings. The largest absolute Gasteiger partial charge is 0.360 e. The first-order valence-corrected chi connectivity index (χ1v) is 9.73. The maximum Gasteiger partial charge on any atom is 0.134 e. The van der Waals surface area contributed by atoms with Crippen LogP contribution in [0.3, 0.4) is 0 Å². The molecular formula is C21H31N5. The minimum Gasteiger partial charge on any atom is -0.360 e. The van der Waals surface area contributed by atoms with E-state index in [0.717, 1.165) is 56.7 Å². The Morgan fingerprint density at radius 3 is 2.46 bits per heavy atom. The normalized spacial score (nSPS) is 15.3. The number of anilines is 2. The molecule has 0 saturated carbocycles. The lowest BCUT2D eigenvalue weighted by Gasteiger charge is -2.35. The zero-order valence-corrected chi connectivity index (χ0v) is 16.4. The molecule has 0 aliphatic carbocycles. The molecule has 1 aromatic heterocycles. The summed E-state index contributed by atoms with van der Waals surface area (Å²) >= 11 is 0. The molecular weight excluding hydrogens is 322 g/mol. The van der Waals surface area contributed by atoms with Crippen LogP contribution >= 0.6 is 0 Å². The lowest BCUT2D eigenvalue weighted by atomic mass is 10.2. The number of benzene rings is 1. The van der Waals surface area contributed by atoms with Crippen LogP contribution in [0.2, 0.25) is 0 Å². The van der Waals surface area contributed by atoms with Gasteiger partial charge in [0.15, 0.2) is 0 Å². The predicted octanol–water partition coefficient (Wildman–Crippen LogP) is 3.34. The Labute approximate surface area is 157 Å². The third-order valence-corrected chi connectivity index (χ3v) is 4.99. The molecule has 2 heterocycles. The average Bonchev–Trinajstić information content (AvgIpc) is 2.67. The van der Waals surface area contributed by atoms with E-state index in [1.54, 1.807) is 0 Å². The molecule has 5 heteroatoms. The van der Waals surface area contributed by atoms with Gasteiger partial charge in [-0.05, 0) is 18.9 Å². The van der Waals surface area contributed by atoms with Crippen molar-refractivity contribution in [2.24, 2.45) is 0 Å². The van der Waals surface area contributed by atoms with Crippen LogP contribution < -0.4 is 9.80 Å². The molecule has 0 spiro atoms. The van der Waals surface area contributed by atoms with Crippen molar-refractivity contribution in [1.82, 2.24) is 14.9 Å². The van der Waals surface area contributed by atoms with Crippen LogP contribution in [0.25, 0.3) is 0 Å². The Hall–Kier alpha value is -2.14. The Kier molecular flexibility index (Phi) is 6.45. The molecule has 0 bridgehead atoms. The Morgan fingerprint density at radius 1 is 1.04 bits per heavy atom. The van der Waals surface area contributed by atoms with Crippen molar-refractivity contribution in [1.29, 1.82) is 0 Å². The van der Waals surface area contributed by atoms with Gasteiger partial charge in [0, 0.05) is 52.4 Å². The van der Waals surface area contributed by atoms with Crippen LogP contribution in [0.15, 0.2) is 36.4 Å². The maximum atomic E-state index is 4.70. The summed E-state index contributed by atoms with van der Waals surface area (Å²) in [6.07, 6.45) is 2.39. The van der Waals surface area contributed by atoms with E-state index in [1.807, 2.05) is 6.92 Å². The van der Waals surface area contributed by atoms with E-state index in [4.69, 9.17) is 4.98 Å². The fourth-order valence-electron chi connectivity index (χ4n) is 3.38. The monoisotopic (exact) mass is 353 g/mol. The summed E-state index contributed by atoms with van der Waals surface area (Å²) in [5.74, 6) is 2.95. The third kappa shape index (κ3) is 4.94. The van der Waals surface area contributed by atoms with Gasteiger partial charge in [0.2, 0.25) is 0 Å². The van der Waals surface area contributed by atoms with Crippen LogP contribution in [0.4, 0.5) is 11.6 Å². The van der Waals surface area contributed by atoms with Gasteiger partial charge in [0.1, 0.15) is 17.5 Å². The van der Waals surface area contributed by atoms with Gasteiger partial charge < -0.3 is 9.80 Å². The number of unbranched alkanes of at least 4 members (excludes halogenated alkanes) is 1. The summed E-state index contributed by atoms with van der Waals surface area (Å²) in [7, 11) is 2.12.